The molecule has 0 amide bonds. The molecule has 17 nitrogen and oxygen atoms in total. The van der Waals surface area contributed by atoms with Gasteiger partial charge in [-0.3, -0.25) is 37.3 Å². The molecule has 0 fully saturated rings. The molecular formula is C80H156O17P2. The van der Waals surface area contributed by atoms with Gasteiger partial charge in [-0.25, -0.2) is 9.13 Å². The van der Waals surface area contributed by atoms with Gasteiger partial charge in [0.1, 0.15) is 19.3 Å². The Morgan fingerprint density at radius 2 is 0.465 bits per heavy atom. The standard InChI is InChI=1S/C80H156O17P2/c1-6-9-12-15-17-19-21-23-25-26-27-28-29-30-31-33-39-43-47-51-56-61-66-80(85)97-76(70-91-78(83)64-59-54-49-45-41-37-35-34-36-40-44-48-53-57-62-73(4)5)72-95-99(88,89)93-68-74(81)67-92-98(86,87)94-71-75(69-90-77(82)63-58-52-14-11-8-3)96-79(84)65-60-55-50-46-42-38-32-24-22-20-18-16-13-10-7-2/h73-76,81H,6-72H2,1-5H3,(H,86,87)(H,88,89)/t74-,75+,76+/m0/s1. The maximum Gasteiger partial charge on any atom is 0.472 e. The van der Waals surface area contributed by atoms with Crippen LogP contribution in [0.4, 0.5) is 0 Å². The average molecular weight is 1450 g/mol. The summed E-state index contributed by atoms with van der Waals surface area (Å²) in [5, 5.41) is 10.6. The maximum atomic E-state index is 13.1. The summed E-state index contributed by atoms with van der Waals surface area (Å²) in [6, 6.07) is 0. The van der Waals surface area contributed by atoms with Crippen molar-refractivity contribution in [2.45, 2.75) is 445 Å². The van der Waals surface area contributed by atoms with E-state index in [0.717, 1.165) is 102 Å². The first-order valence-corrected chi connectivity index (χ1v) is 44.6. The van der Waals surface area contributed by atoms with E-state index in [1.807, 2.05) is 0 Å². The number of ether oxygens (including phenoxy) is 4. The molecule has 0 aliphatic heterocycles. The number of aliphatic hydroxyl groups is 1. The van der Waals surface area contributed by atoms with Crippen molar-refractivity contribution in [2.75, 3.05) is 39.6 Å². The van der Waals surface area contributed by atoms with Crippen molar-refractivity contribution >= 4 is 39.5 Å². The molecule has 2 unspecified atom stereocenters. The van der Waals surface area contributed by atoms with Gasteiger partial charge >= 0.3 is 39.5 Å². The summed E-state index contributed by atoms with van der Waals surface area (Å²) in [7, 11) is -9.91. The van der Waals surface area contributed by atoms with Gasteiger partial charge in [0.15, 0.2) is 12.2 Å². The summed E-state index contributed by atoms with van der Waals surface area (Å²) < 4.78 is 68.4. The van der Waals surface area contributed by atoms with Crippen LogP contribution < -0.4 is 0 Å². The van der Waals surface area contributed by atoms with Crippen molar-refractivity contribution in [1.82, 2.24) is 0 Å². The zero-order valence-electron chi connectivity index (χ0n) is 64.6. The van der Waals surface area contributed by atoms with Gasteiger partial charge in [0.2, 0.25) is 0 Å². The van der Waals surface area contributed by atoms with Crippen molar-refractivity contribution in [3.8, 4) is 0 Å². The van der Waals surface area contributed by atoms with Gasteiger partial charge in [0.05, 0.1) is 26.4 Å². The minimum Gasteiger partial charge on any atom is -0.462 e. The predicted molar refractivity (Wildman–Crippen MR) is 405 cm³/mol. The lowest BCUT2D eigenvalue weighted by Crippen LogP contribution is -2.30. The number of hydrogen-bond acceptors (Lipinski definition) is 15. The lowest BCUT2D eigenvalue weighted by Gasteiger charge is -2.21. The van der Waals surface area contributed by atoms with Crippen molar-refractivity contribution in [1.29, 1.82) is 0 Å². The molecule has 0 aromatic carbocycles. The molecule has 588 valence electrons. The van der Waals surface area contributed by atoms with Crippen LogP contribution in [-0.2, 0) is 65.4 Å². The maximum absolute atomic E-state index is 13.1. The lowest BCUT2D eigenvalue weighted by molar-refractivity contribution is -0.161. The van der Waals surface area contributed by atoms with Crippen LogP contribution in [-0.4, -0.2) is 96.7 Å². The highest BCUT2D eigenvalue weighted by atomic mass is 31.2. The number of phosphoric acid groups is 2. The Bertz CT molecular complexity index is 1890. The van der Waals surface area contributed by atoms with Crippen LogP contribution in [0.15, 0.2) is 0 Å². The zero-order chi connectivity index (χ0) is 72.7. The van der Waals surface area contributed by atoms with Gasteiger partial charge in [-0.05, 0) is 31.6 Å². The van der Waals surface area contributed by atoms with E-state index < -0.39 is 97.5 Å². The molecule has 3 N–H and O–H groups in total. The third-order valence-electron chi connectivity index (χ3n) is 18.8. The number of phosphoric ester groups is 2. The number of unbranched alkanes of at least 4 members (excludes halogenated alkanes) is 52. The number of carbonyl (C=O) groups excluding carboxylic acids is 4. The second-order valence-electron chi connectivity index (χ2n) is 29.3. The fraction of sp³-hybridized carbons (Fsp3) is 0.950. The van der Waals surface area contributed by atoms with E-state index in [4.69, 9.17) is 37.0 Å². The Hall–Kier alpha value is -1.94. The van der Waals surface area contributed by atoms with Gasteiger partial charge in [0, 0.05) is 25.7 Å². The second-order valence-corrected chi connectivity index (χ2v) is 32.2. The first-order valence-electron chi connectivity index (χ1n) is 41.6. The monoisotopic (exact) mass is 1450 g/mol. The van der Waals surface area contributed by atoms with Gasteiger partial charge < -0.3 is 33.8 Å². The molecule has 0 bridgehead atoms. The highest BCUT2D eigenvalue weighted by molar-refractivity contribution is 7.47. The van der Waals surface area contributed by atoms with Crippen molar-refractivity contribution < 1.29 is 80.2 Å². The first kappa shape index (κ1) is 97.1. The molecule has 0 aliphatic rings. The van der Waals surface area contributed by atoms with Crippen molar-refractivity contribution in [3.63, 3.8) is 0 Å². The molecule has 19 heteroatoms. The third-order valence-corrected chi connectivity index (χ3v) is 20.7. The van der Waals surface area contributed by atoms with E-state index in [1.165, 1.54) is 244 Å². The number of carbonyl (C=O) groups is 4. The fourth-order valence-corrected chi connectivity index (χ4v) is 14.0. The highest BCUT2D eigenvalue weighted by Gasteiger charge is 2.30. The molecule has 0 aromatic rings. The van der Waals surface area contributed by atoms with E-state index in [0.29, 0.717) is 25.7 Å². The molecule has 0 saturated carbocycles. The summed E-state index contributed by atoms with van der Waals surface area (Å²) in [4.78, 5) is 72.7. The first-order chi connectivity index (χ1) is 48.0. The quantitative estimate of drug-likeness (QED) is 0.0222. The van der Waals surface area contributed by atoms with Gasteiger partial charge in [-0.15, -0.1) is 0 Å². The van der Waals surface area contributed by atoms with Crippen LogP contribution in [0.2, 0.25) is 0 Å². The van der Waals surface area contributed by atoms with Crippen LogP contribution in [0.5, 0.6) is 0 Å². The summed E-state index contributed by atoms with van der Waals surface area (Å²) in [6.07, 6.45) is 64.4. The molecule has 0 aliphatic carbocycles. The third kappa shape index (κ3) is 74.1. The molecule has 0 rings (SSSR count). The van der Waals surface area contributed by atoms with E-state index in [2.05, 4.69) is 34.6 Å². The van der Waals surface area contributed by atoms with E-state index >= 15 is 0 Å². The van der Waals surface area contributed by atoms with Gasteiger partial charge in [0.25, 0.3) is 0 Å². The van der Waals surface area contributed by atoms with E-state index in [-0.39, 0.29) is 25.7 Å². The number of rotatable bonds is 80. The summed E-state index contributed by atoms with van der Waals surface area (Å²) in [5.74, 6) is -1.32. The molecule has 0 spiro atoms. The largest absolute Gasteiger partial charge is 0.472 e. The Morgan fingerprint density at radius 1 is 0.273 bits per heavy atom. The summed E-state index contributed by atoms with van der Waals surface area (Å²) in [6.45, 7) is 7.26. The van der Waals surface area contributed by atoms with Gasteiger partial charge in [-0.1, -0.05) is 375 Å². The smallest absolute Gasteiger partial charge is 0.462 e. The Kier molecular flexibility index (Phi) is 71.6. The number of esters is 4. The van der Waals surface area contributed by atoms with Crippen LogP contribution in [0, 0.1) is 5.92 Å². The van der Waals surface area contributed by atoms with Crippen molar-refractivity contribution in [2.24, 2.45) is 5.92 Å². The molecular weight excluding hydrogens is 1290 g/mol. The van der Waals surface area contributed by atoms with Crippen LogP contribution in [0.1, 0.15) is 426 Å². The Morgan fingerprint density at radius 3 is 0.687 bits per heavy atom. The zero-order valence-corrected chi connectivity index (χ0v) is 66.4. The van der Waals surface area contributed by atoms with Crippen LogP contribution in [0.3, 0.4) is 0 Å². The van der Waals surface area contributed by atoms with Gasteiger partial charge in [-0.2, -0.15) is 0 Å². The molecule has 0 radical (unpaired) electrons. The average Bonchev–Trinajstić information content (AvgIpc) is 1.09. The minimum absolute atomic E-state index is 0.108. The molecule has 0 heterocycles. The van der Waals surface area contributed by atoms with E-state index in [9.17, 15) is 43.2 Å². The van der Waals surface area contributed by atoms with Crippen LogP contribution >= 0.6 is 15.6 Å². The summed E-state index contributed by atoms with van der Waals surface area (Å²) >= 11 is 0. The molecule has 99 heavy (non-hydrogen) atoms. The summed E-state index contributed by atoms with van der Waals surface area (Å²) in [5.41, 5.74) is 0. The Balaban J connectivity index is 5.11. The topological polar surface area (TPSA) is 237 Å². The SMILES string of the molecule is CCCCCCCCCCCCCCCCCCCCCCCCC(=O)O[C@H](COC(=O)CCCCCCCCCCCCCCCCC(C)C)COP(=O)(O)OC[C@@H](O)COP(=O)(O)OC[C@@H](COC(=O)CCCCCCC)OC(=O)CCCCCCCCCCCCCCCCC. The fourth-order valence-electron chi connectivity index (χ4n) is 12.4. The van der Waals surface area contributed by atoms with Crippen molar-refractivity contribution in [3.05, 3.63) is 0 Å². The molecule has 0 aromatic heterocycles. The minimum atomic E-state index is -4.96. The molecule has 5 atom stereocenters. The van der Waals surface area contributed by atoms with Crippen LogP contribution in [0.25, 0.3) is 0 Å². The Labute approximate surface area is 607 Å². The predicted octanol–water partition coefficient (Wildman–Crippen LogP) is 24.0. The second kappa shape index (κ2) is 73.0. The normalized spacial score (nSPS) is 13.9. The highest BCUT2D eigenvalue weighted by Crippen LogP contribution is 2.45. The molecule has 0 saturated heterocycles. The lowest BCUT2D eigenvalue weighted by atomic mass is 10.0. The van der Waals surface area contributed by atoms with E-state index in [1.54, 1.807) is 0 Å². The number of aliphatic hydroxyl groups excluding tert-OH is 1. The number of hydrogen-bond donors (Lipinski definition) is 3.